The molecule has 0 aromatic heterocycles. The third-order valence-electron chi connectivity index (χ3n) is 13.8. The lowest BCUT2D eigenvalue weighted by molar-refractivity contribution is 0.434. The second-order valence-corrected chi connectivity index (χ2v) is 16.7. The van der Waals surface area contributed by atoms with E-state index in [0.29, 0.717) is 0 Å². The van der Waals surface area contributed by atoms with Gasteiger partial charge in [-0.1, -0.05) is 188 Å². The summed E-state index contributed by atoms with van der Waals surface area (Å²) < 4.78 is 6.75. The zero-order valence-corrected chi connectivity index (χ0v) is 33.3. The molecule has 1 heteroatoms. The van der Waals surface area contributed by atoms with E-state index in [4.69, 9.17) is 4.74 Å². The molecule has 10 aromatic carbocycles. The molecule has 0 saturated carbocycles. The largest absolute Gasteiger partial charge is 0.457 e. The number of benzene rings is 10. The molecule has 0 fully saturated rings. The van der Waals surface area contributed by atoms with Gasteiger partial charge in [0.25, 0.3) is 0 Å². The Kier molecular flexibility index (Phi) is 7.21. The average molecular weight is 775 g/mol. The summed E-state index contributed by atoms with van der Waals surface area (Å²) in [7, 11) is 0. The van der Waals surface area contributed by atoms with Crippen LogP contribution < -0.4 is 4.74 Å². The molecule has 0 N–H and O–H groups in total. The Morgan fingerprint density at radius 1 is 0.246 bits per heavy atom. The smallest absolute Gasteiger partial charge is 0.132 e. The summed E-state index contributed by atoms with van der Waals surface area (Å²) in [5.41, 5.74) is 19.1. The lowest BCUT2D eigenvalue weighted by Gasteiger charge is -2.41. The monoisotopic (exact) mass is 774 g/mol. The summed E-state index contributed by atoms with van der Waals surface area (Å²) in [4.78, 5) is 0. The SMILES string of the molecule is c1ccc(C2(c3ccccc3)c3ccccc3Oc3ccc(-c4cccc(-c5ccc6c(c5)C5(c7ccccc7-6)c6ccccc6-c6cc7ccccc7cc65)c4)cc32)cc1. The molecule has 0 bridgehead atoms. The van der Waals surface area contributed by atoms with Crippen LogP contribution in [0.2, 0.25) is 0 Å². The van der Waals surface area contributed by atoms with Crippen molar-refractivity contribution in [3.05, 3.63) is 275 Å². The van der Waals surface area contributed by atoms with Crippen LogP contribution in [0, 0.1) is 0 Å². The van der Waals surface area contributed by atoms with Gasteiger partial charge in [-0.05, 0) is 131 Å². The highest BCUT2D eigenvalue weighted by atomic mass is 16.5. The fourth-order valence-electron chi connectivity index (χ4n) is 11.3. The van der Waals surface area contributed by atoms with Crippen molar-refractivity contribution in [2.75, 3.05) is 0 Å². The van der Waals surface area contributed by atoms with E-state index < -0.39 is 10.8 Å². The molecule has 10 aromatic rings. The van der Waals surface area contributed by atoms with Crippen LogP contribution in [0.15, 0.2) is 231 Å². The molecular weight excluding hydrogens is 737 g/mol. The van der Waals surface area contributed by atoms with Crippen molar-refractivity contribution >= 4 is 10.8 Å². The number of hydrogen-bond donors (Lipinski definition) is 0. The molecule has 1 unspecified atom stereocenters. The maximum Gasteiger partial charge on any atom is 0.132 e. The zero-order chi connectivity index (χ0) is 40.1. The third kappa shape index (κ3) is 4.66. The molecule has 1 heterocycles. The van der Waals surface area contributed by atoms with Crippen molar-refractivity contribution in [3.8, 4) is 56.0 Å². The van der Waals surface area contributed by atoms with Crippen molar-refractivity contribution in [2.45, 2.75) is 10.8 Å². The van der Waals surface area contributed by atoms with Crippen LogP contribution in [-0.4, -0.2) is 0 Å². The number of hydrogen-bond acceptors (Lipinski definition) is 1. The third-order valence-corrected chi connectivity index (χ3v) is 13.8. The van der Waals surface area contributed by atoms with Crippen LogP contribution in [0.4, 0.5) is 0 Å². The molecule has 284 valence electrons. The van der Waals surface area contributed by atoms with Crippen molar-refractivity contribution in [1.82, 2.24) is 0 Å². The van der Waals surface area contributed by atoms with Gasteiger partial charge in [0.2, 0.25) is 0 Å². The predicted octanol–water partition coefficient (Wildman–Crippen LogP) is 15.0. The molecule has 0 amide bonds. The van der Waals surface area contributed by atoms with Crippen LogP contribution in [0.1, 0.15) is 44.5 Å². The number of ether oxygens (including phenoxy) is 1. The first-order valence-electron chi connectivity index (χ1n) is 21.2. The fourth-order valence-corrected chi connectivity index (χ4v) is 11.3. The zero-order valence-electron chi connectivity index (χ0n) is 33.3. The predicted molar refractivity (Wildman–Crippen MR) is 250 cm³/mol. The highest BCUT2D eigenvalue weighted by molar-refractivity contribution is 6.00. The quantitative estimate of drug-likeness (QED) is 0.173. The Hall–Kier alpha value is -7.74. The van der Waals surface area contributed by atoms with Crippen LogP contribution in [0.3, 0.4) is 0 Å². The van der Waals surface area contributed by atoms with Crippen LogP contribution in [0.5, 0.6) is 11.5 Å². The normalized spacial score (nSPS) is 15.9. The minimum absolute atomic E-state index is 0.428. The standard InChI is InChI=1S/C60H38O/c1-3-20-45(21-4-1)59(46-22-5-2-6-23-46)53-28-13-14-29-57(53)61-58-33-31-44(38-56(58)59)40-19-15-18-39(34-40)43-30-32-49-47-24-9-11-26-51(47)60(54(49)37-43)52-27-12-10-25-48(52)50-35-41-16-7-8-17-42(41)36-55(50)60/h1-38H. The van der Waals surface area contributed by atoms with Gasteiger partial charge in [-0.25, -0.2) is 0 Å². The van der Waals surface area contributed by atoms with E-state index in [1.165, 1.54) is 77.5 Å². The van der Waals surface area contributed by atoms with Crippen LogP contribution in [-0.2, 0) is 10.8 Å². The van der Waals surface area contributed by atoms with Gasteiger partial charge in [-0.15, -0.1) is 0 Å². The molecule has 3 aliphatic rings. The van der Waals surface area contributed by atoms with E-state index in [0.717, 1.165) is 33.8 Å². The van der Waals surface area contributed by atoms with Crippen molar-refractivity contribution in [2.24, 2.45) is 0 Å². The van der Waals surface area contributed by atoms with Crippen molar-refractivity contribution in [3.63, 3.8) is 0 Å². The molecule has 0 saturated heterocycles. The fraction of sp³-hybridized carbons (Fsp3) is 0.0333. The van der Waals surface area contributed by atoms with Gasteiger partial charge in [-0.3, -0.25) is 0 Å². The minimum atomic E-state index is -0.581. The van der Waals surface area contributed by atoms with Crippen molar-refractivity contribution in [1.29, 1.82) is 0 Å². The van der Waals surface area contributed by atoms with Gasteiger partial charge in [0.05, 0.1) is 10.8 Å². The lowest BCUT2D eigenvalue weighted by atomic mass is 9.63. The van der Waals surface area contributed by atoms with Crippen LogP contribution >= 0.6 is 0 Å². The summed E-state index contributed by atoms with van der Waals surface area (Å²) >= 11 is 0. The molecular formula is C60H38O. The molecule has 1 aliphatic heterocycles. The van der Waals surface area contributed by atoms with Gasteiger partial charge in [0.15, 0.2) is 0 Å². The maximum absolute atomic E-state index is 6.75. The summed E-state index contributed by atoms with van der Waals surface area (Å²) in [6, 6.07) is 85.2. The summed E-state index contributed by atoms with van der Waals surface area (Å²) in [6.07, 6.45) is 0. The summed E-state index contributed by atoms with van der Waals surface area (Å²) in [5, 5.41) is 2.54. The lowest BCUT2D eigenvalue weighted by Crippen LogP contribution is -2.34. The summed E-state index contributed by atoms with van der Waals surface area (Å²) in [5.74, 6) is 1.76. The molecule has 61 heavy (non-hydrogen) atoms. The maximum atomic E-state index is 6.75. The van der Waals surface area contributed by atoms with Gasteiger partial charge >= 0.3 is 0 Å². The Bertz CT molecular complexity index is 3360. The highest BCUT2D eigenvalue weighted by Crippen LogP contribution is 2.64. The van der Waals surface area contributed by atoms with Crippen LogP contribution in [0.25, 0.3) is 55.3 Å². The Morgan fingerprint density at radius 3 is 1.41 bits per heavy atom. The Labute approximate surface area is 355 Å². The van der Waals surface area contributed by atoms with Gasteiger partial charge in [0, 0.05) is 11.1 Å². The van der Waals surface area contributed by atoms with E-state index in [1.807, 2.05) is 0 Å². The first kappa shape index (κ1) is 34.2. The highest BCUT2D eigenvalue weighted by Gasteiger charge is 2.52. The van der Waals surface area contributed by atoms with E-state index >= 15 is 0 Å². The molecule has 13 rings (SSSR count). The van der Waals surface area contributed by atoms with E-state index in [-0.39, 0.29) is 0 Å². The molecule has 1 atom stereocenters. The minimum Gasteiger partial charge on any atom is -0.457 e. The van der Waals surface area contributed by atoms with Gasteiger partial charge < -0.3 is 4.74 Å². The van der Waals surface area contributed by atoms with E-state index in [2.05, 4.69) is 231 Å². The van der Waals surface area contributed by atoms with E-state index in [1.54, 1.807) is 0 Å². The Morgan fingerprint density at radius 2 is 0.721 bits per heavy atom. The Balaban J connectivity index is 0.996. The first-order valence-corrected chi connectivity index (χ1v) is 21.2. The summed E-state index contributed by atoms with van der Waals surface area (Å²) in [6.45, 7) is 0. The topological polar surface area (TPSA) is 9.23 Å². The molecule has 2 aliphatic carbocycles. The molecule has 0 radical (unpaired) electrons. The first-order chi connectivity index (χ1) is 30.2. The van der Waals surface area contributed by atoms with Gasteiger partial charge in [-0.2, -0.15) is 0 Å². The van der Waals surface area contributed by atoms with E-state index in [9.17, 15) is 0 Å². The second-order valence-electron chi connectivity index (χ2n) is 16.7. The average Bonchev–Trinajstić information content (AvgIpc) is 3.79. The number of rotatable bonds is 4. The molecule has 1 nitrogen and oxygen atoms in total. The number of fused-ring (bicyclic) bond motifs is 13. The second kappa shape index (κ2) is 12.9. The number of para-hydroxylation sites is 1. The molecule has 1 spiro atoms. The van der Waals surface area contributed by atoms with Crippen molar-refractivity contribution < 1.29 is 4.74 Å². The van der Waals surface area contributed by atoms with Gasteiger partial charge in [0.1, 0.15) is 11.5 Å².